The Hall–Kier alpha value is -1.95. The molecule has 1 heterocycles. The van der Waals surface area contributed by atoms with Crippen LogP contribution in [0.3, 0.4) is 0 Å². The van der Waals surface area contributed by atoms with Crippen LogP contribution in [0.5, 0.6) is 5.75 Å². The normalized spacial score (nSPS) is 17.6. The van der Waals surface area contributed by atoms with Crippen molar-refractivity contribution in [3.8, 4) is 11.4 Å². The maximum absolute atomic E-state index is 5.84. The minimum absolute atomic E-state index is 0.373. The predicted molar refractivity (Wildman–Crippen MR) is 77.5 cm³/mol. The van der Waals surface area contributed by atoms with E-state index in [0.29, 0.717) is 0 Å². The fourth-order valence-electron chi connectivity index (χ4n) is 3.01. The van der Waals surface area contributed by atoms with E-state index in [1.165, 1.54) is 6.42 Å². The molecular weight excluding hydrogens is 268 g/mol. The van der Waals surface area contributed by atoms with Crippen molar-refractivity contribution in [1.82, 2.24) is 20.2 Å². The minimum atomic E-state index is -0.373. The highest BCUT2D eigenvalue weighted by molar-refractivity contribution is 5.37. The van der Waals surface area contributed by atoms with Gasteiger partial charge in [-0.2, -0.15) is 4.68 Å². The Morgan fingerprint density at radius 2 is 1.76 bits per heavy atom. The van der Waals surface area contributed by atoms with E-state index in [0.717, 1.165) is 42.9 Å². The number of methoxy groups -OCH3 is 2. The van der Waals surface area contributed by atoms with Crippen LogP contribution in [0.25, 0.3) is 5.69 Å². The van der Waals surface area contributed by atoms with Gasteiger partial charge in [0.1, 0.15) is 11.4 Å². The summed E-state index contributed by atoms with van der Waals surface area (Å²) < 4.78 is 12.8. The van der Waals surface area contributed by atoms with Gasteiger partial charge in [-0.3, -0.25) is 0 Å². The number of nitrogens with zero attached hydrogens (tertiary/aromatic N) is 4. The Morgan fingerprint density at radius 3 is 2.38 bits per heavy atom. The molecule has 1 aliphatic carbocycles. The SMILES string of the molecule is COc1ccc(-n2nnnc2C2(OC)CCCCC2)cc1. The zero-order chi connectivity index (χ0) is 14.7. The summed E-state index contributed by atoms with van der Waals surface area (Å²) in [5.74, 6) is 1.60. The molecule has 0 saturated heterocycles. The molecule has 6 heteroatoms. The molecule has 1 aromatic heterocycles. The molecule has 0 radical (unpaired) electrons. The van der Waals surface area contributed by atoms with Gasteiger partial charge in [-0.05, 0) is 47.5 Å². The van der Waals surface area contributed by atoms with Crippen molar-refractivity contribution in [3.63, 3.8) is 0 Å². The van der Waals surface area contributed by atoms with Crippen molar-refractivity contribution in [2.75, 3.05) is 14.2 Å². The molecular formula is C15H20N4O2. The lowest BCUT2D eigenvalue weighted by atomic mass is 9.84. The lowest BCUT2D eigenvalue weighted by Gasteiger charge is -2.34. The van der Waals surface area contributed by atoms with Crippen molar-refractivity contribution in [1.29, 1.82) is 0 Å². The quantitative estimate of drug-likeness (QED) is 0.865. The molecule has 21 heavy (non-hydrogen) atoms. The first kappa shape index (κ1) is 14.0. The lowest BCUT2D eigenvalue weighted by molar-refractivity contribution is -0.0531. The number of benzene rings is 1. The summed E-state index contributed by atoms with van der Waals surface area (Å²) in [6.07, 6.45) is 5.45. The average molecular weight is 288 g/mol. The maximum Gasteiger partial charge on any atom is 0.188 e. The van der Waals surface area contributed by atoms with E-state index in [-0.39, 0.29) is 5.60 Å². The summed E-state index contributed by atoms with van der Waals surface area (Å²) in [6.45, 7) is 0. The standard InChI is InChI=1S/C15H20N4O2/c1-20-13-8-6-12(7-9-13)19-14(16-17-18-19)15(21-2)10-4-3-5-11-15/h6-9H,3-5,10-11H2,1-2H3. The fourth-order valence-corrected chi connectivity index (χ4v) is 3.01. The maximum atomic E-state index is 5.84. The highest BCUT2D eigenvalue weighted by Crippen LogP contribution is 2.39. The van der Waals surface area contributed by atoms with Gasteiger partial charge >= 0.3 is 0 Å². The first-order valence-corrected chi connectivity index (χ1v) is 7.27. The topological polar surface area (TPSA) is 62.1 Å². The molecule has 2 aromatic rings. The smallest absolute Gasteiger partial charge is 0.188 e. The minimum Gasteiger partial charge on any atom is -0.497 e. The first-order chi connectivity index (χ1) is 10.3. The Labute approximate surface area is 124 Å². The van der Waals surface area contributed by atoms with Gasteiger partial charge in [-0.1, -0.05) is 19.3 Å². The van der Waals surface area contributed by atoms with E-state index in [1.54, 1.807) is 18.9 Å². The van der Waals surface area contributed by atoms with Crippen LogP contribution in [0.1, 0.15) is 37.9 Å². The summed E-state index contributed by atoms with van der Waals surface area (Å²) in [4.78, 5) is 0. The predicted octanol–water partition coefficient (Wildman–Crippen LogP) is 2.48. The molecule has 1 fully saturated rings. The number of aromatic nitrogens is 4. The molecule has 0 aliphatic heterocycles. The number of tetrazole rings is 1. The van der Waals surface area contributed by atoms with Crippen LogP contribution in [0.4, 0.5) is 0 Å². The molecule has 0 atom stereocenters. The lowest BCUT2D eigenvalue weighted by Crippen LogP contribution is -2.34. The highest BCUT2D eigenvalue weighted by Gasteiger charge is 2.39. The van der Waals surface area contributed by atoms with E-state index >= 15 is 0 Å². The van der Waals surface area contributed by atoms with Gasteiger partial charge in [-0.25, -0.2) is 0 Å². The Bertz CT molecular complexity index is 588. The molecule has 1 aromatic carbocycles. The van der Waals surface area contributed by atoms with Crippen molar-refractivity contribution in [2.24, 2.45) is 0 Å². The van der Waals surface area contributed by atoms with Crippen molar-refractivity contribution in [2.45, 2.75) is 37.7 Å². The van der Waals surface area contributed by atoms with Gasteiger partial charge in [0.25, 0.3) is 0 Å². The van der Waals surface area contributed by atoms with Crippen LogP contribution in [0.2, 0.25) is 0 Å². The van der Waals surface area contributed by atoms with Crippen LogP contribution < -0.4 is 4.74 Å². The molecule has 3 rings (SSSR count). The third-order valence-electron chi connectivity index (χ3n) is 4.25. The highest BCUT2D eigenvalue weighted by atomic mass is 16.5. The van der Waals surface area contributed by atoms with E-state index in [2.05, 4.69) is 15.5 Å². The van der Waals surface area contributed by atoms with Crippen LogP contribution in [-0.4, -0.2) is 34.4 Å². The second kappa shape index (κ2) is 5.81. The Kier molecular flexibility index (Phi) is 3.88. The average Bonchev–Trinajstić information content (AvgIpc) is 3.06. The van der Waals surface area contributed by atoms with Crippen molar-refractivity contribution in [3.05, 3.63) is 30.1 Å². The number of hydrogen-bond acceptors (Lipinski definition) is 5. The Morgan fingerprint density at radius 1 is 1.05 bits per heavy atom. The van der Waals surface area contributed by atoms with Gasteiger partial charge in [0.2, 0.25) is 0 Å². The first-order valence-electron chi connectivity index (χ1n) is 7.27. The molecule has 0 N–H and O–H groups in total. The largest absolute Gasteiger partial charge is 0.497 e. The Balaban J connectivity index is 1.99. The zero-order valence-corrected chi connectivity index (χ0v) is 12.5. The van der Waals surface area contributed by atoms with Crippen molar-refractivity contribution >= 4 is 0 Å². The molecule has 0 spiro atoms. The zero-order valence-electron chi connectivity index (χ0n) is 12.5. The summed E-state index contributed by atoms with van der Waals surface area (Å²) in [6, 6.07) is 7.71. The van der Waals surface area contributed by atoms with Crippen LogP contribution in [0.15, 0.2) is 24.3 Å². The summed E-state index contributed by atoms with van der Waals surface area (Å²) >= 11 is 0. The molecule has 112 valence electrons. The molecule has 1 saturated carbocycles. The molecule has 0 unspecified atom stereocenters. The van der Waals surface area contributed by atoms with Gasteiger partial charge < -0.3 is 9.47 Å². The third kappa shape index (κ3) is 2.51. The molecule has 0 amide bonds. The van der Waals surface area contributed by atoms with Gasteiger partial charge in [-0.15, -0.1) is 5.10 Å². The molecule has 1 aliphatic rings. The molecule has 6 nitrogen and oxygen atoms in total. The third-order valence-corrected chi connectivity index (χ3v) is 4.25. The van der Waals surface area contributed by atoms with E-state index < -0.39 is 0 Å². The number of hydrogen-bond donors (Lipinski definition) is 0. The van der Waals surface area contributed by atoms with Crippen molar-refractivity contribution < 1.29 is 9.47 Å². The van der Waals surface area contributed by atoms with E-state index in [9.17, 15) is 0 Å². The van der Waals surface area contributed by atoms with Gasteiger partial charge in [0.05, 0.1) is 12.8 Å². The second-order valence-electron chi connectivity index (χ2n) is 5.37. The monoisotopic (exact) mass is 288 g/mol. The van der Waals surface area contributed by atoms with E-state index in [4.69, 9.17) is 9.47 Å². The number of ether oxygens (including phenoxy) is 2. The van der Waals surface area contributed by atoms with Crippen LogP contribution in [0, 0.1) is 0 Å². The van der Waals surface area contributed by atoms with E-state index in [1.807, 2.05) is 24.3 Å². The molecule has 0 bridgehead atoms. The number of rotatable bonds is 4. The summed E-state index contributed by atoms with van der Waals surface area (Å²) in [5, 5.41) is 12.3. The summed E-state index contributed by atoms with van der Waals surface area (Å²) in [7, 11) is 3.40. The second-order valence-corrected chi connectivity index (χ2v) is 5.37. The summed E-state index contributed by atoms with van der Waals surface area (Å²) in [5.41, 5.74) is 0.541. The fraction of sp³-hybridized carbons (Fsp3) is 0.533. The van der Waals surface area contributed by atoms with Gasteiger partial charge in [0, 0.05) is 7.11 Å². The van der Waals surface area contributed by atoms with Gasteiger partial charge in [0.15, 0.2) is 5.82 Å². The van der Waals surface area contributed by atoms with Crippen LogP contribution >= 0.6 is 0 Å². The van der Waals surface area contributed by atoms with Crippen LogP contribution in [-0.2, 0) is 10.3 Å².